The SMILES string of the molecule is Cc1onc(-c2csc(-c3ccc(CC(=O)O)cc3)n2)c1NC(=O)O[C@H](C)c1ccccc1F. The van der Waals surface area contributed by atoms with Crippen molar-refractivity contribution in [3.63, 3.8) is 0 Å². The molecule has 0 aliphatic carbocycles. The highest BCUT2D eigenvalue weighted by Gasteiger charge is 2.22. The number of anilines is 1. The number of hydrogen-bond acceptors (Lipinski definition) is 7. The number of aromatic nitrogens is 2. The highest BCUT2D eigenvalue weighted by atomic mass is 32.1. The van der Waals surface area contributed by atoms with Crippen LogP contribution in [0.15, 0.2) is 58.4 Å². The van der Waals surface area contributed by atoms with Crippen LogP contribution in [0, 0.1) is 12.7 Å². The van der Waals surface area contributed by atoms with Gasteiger partial charge in [-0.3, -0.25) is 10.1 Å². The highest BCUT2D eigenvalue weighted by molar-refractivity contribution is 7.13. The number of carboxylic acid groups (broad SMARTS) is 1. The number of ether oxygens (including phenoxy) is 1. The van der Waals surface area contributed by atoms with E-state index in [4.69, 9.17) is 14.4 Å². The summed E-state index contributed by atoms with van der Waals surface area (Å²) in [7, 11) is 0. The summed E-state index contributed by atoms with van der Waals surface area (Å²) in [5.41, 5.74) is 2.90. The maximum Gasteiger partial charge on any atom is 0.412 e. The third-order valence-electron chi connectivity index (χ3n) is 5.02. The lowest BCUT2D eigenvalue weighted by atomic mass is 10.1. The normalized spacial score (nSPS) is 11.7. The molecule has 0 aliphatic rings. The molecule has 0 saturated carbocycles. The zero-order valence-electron chi connectivity index (χ0n) is 18.2. The van der Waals surface area contributed by atoms with E-state index in [2.05, 4.69) is 15.5 Å². The van der Waals surface area contributed by atoms with Crippen molar-refractivity contribution in [2.45, 2.75) is 26.4 Å². The number of carboxylic acids is 1. The first-order chi connectivity index (χ1) is 16.3. The van der Waals surface area contributed by atoms with Crippen LogP contribution in [0.2, 0.25) is 0 Å². The minimum absolute atomic E-state index is 0.0533. The van der Waals surface area contributed by atoms with Crippen molar-refractivity contribution in [1.82, 2.24) is 10.1 Å². The van der Waals surface area contributed by atoms with E-state index < -0.39 is 24.0 Å². The minimum Gasteiger partial charge on any atom is -0.481 e. The molecule has 0 radical (unpaired) electrons. The number of aryl methyl sites for hydroxylation is 1. The quantitative estimate of drug-likeness (QED) is 0.340. The number of carbonyl (C=O) groups is 2. The number of nitrogens with one attached hydrogen (secondary N) is 1. The number of amides is 1. The van der Waals surface area contributed by atoms with E-state index in [1.807, 2.05) is 0 Å². The zero-order valence-corrected chi connectivity index (χ0v) is 19.1. The first-order valence-electron chi connectivity index (χ1n) is 10.3. The Labute approximate surface area is 198 Å². The monoisotopic (exact) mass is 481 g/mol. The molecule has 0 bridgehead atoms. The second-order valence-corrected chi connectivity index (χ2v) is 8.32. The zero-order chi connectivity index (χ0) is 24.2. The van der Waals surface area contributed by atoms with E-state index in [-0.39, 0.29) is 12.0 Å². The molecule has 4 aromatic rings. The Bertz CT molecular complexity index is 1330. The smallest absolute Gasteiger partial charge is 0.412 e. The van der Waals surface area contributed by atoms with Gasteiger partial charge < -0.3 is 14.4 Å². The largest absolute Gasteiger partial charge is 0.481 e. The fourth-order valence-corrected chi connectivity index (χ4v) is 4.12. The molecule has 8 nitrogen and oxygen atoms in total. The number of nitrogens with zero attached hydrogens (tertiary/aromatic N) is 2. The van der Waals surface area contributed by atoms with Crippen molar-refractivity contribution in [2.24, 2.45) is 0 Å². The van der Waals surface area contributed by atoms with Gasteiger partial charge in [0.2, 0.25) is 0 Å². The molecule has 2 aromatic carbocycles. The second-order valence-electron chi connectivity index (χ2n) is 7.46. The Kier molecular flexibility index (Phi) is 6.69. The average Bonchev–Trinajstić information content (AvgIpc) is 3.41. The van der Waals surface area contributed by atoms with Gasteiger partial charge in [0, 0.05) is 16.5 Å². The van der Waals surface area contributed by atoms with E-state index >= 15 is 0 Å². The summed E-state index contributed by atoms with van der Waals surface area (Å²) < 4.78 is 24.6. The fourth-order valence-electron chi connectivity index (χ4n) is 3.31. The maximum atomic E-state index is 14.0. The van der Waals surface area contributed by atoms with E-state index in [1.165, 1.54) is 17.4 Å². The highest BCUT2D eigenvalue weighted by Crippen LogP contribution is 2.34. The Hall–Kier alpha value is -4.05. The first kappa shape index (κ1) is 23.1. The molecular weight excluding hydrogens is 461 g/mol. The van der Waals surface area contributed by atoms with Crippen molar-refractivity contribution in [2.75, 3.05) is 5.32 Å². The molecule has 0 fully saturated rings. The van der Waals surface area contributed by atoms with Gasteiger partial charge in [0.15, 0.2) is 11.5 Å². The van der Waals surface area contributed by atoms with Gasteiger partial charge in [-0.15, -0.1) is 11.3 Å². The van der Waals surface area contributed by atoms with Gasteiger partial charge in [-0.2, -0.15) is 0 Å². The van der Waals surface area contributed by atoms with Crippen molar-refractivity contribution >= 4 is 29.1 Å². The van der Waals surface area contributed by atoms with Gasteiger partial charge in [-0.05, 0) is 25.5 Å². The number of benzene rings is 2. The molecule has 1 amide bonds. The fraction of sp³-hybridized carbons (Fsp3) is 0.167. The summed E-state index contributed by atoms with van der Waals surface area (Å²) >= 11 is 1.37. The Morgan fingerprint density at radius 1 is 1.21 bits per heavy atom. The lowest BCUT2D eigenvalue weighted by molar-refractivity contribution is -0.136. The Morgan fingerprint density at radius 2 is 1.94 bits per heavy atom. The summed E-state index contributed by atoms with van der Waals surface area (Å²) in [6.45, 7) is 3.22. The van der Waals surface area contributed by atoms with Gasteiger partial charge in [-0.25, -0.2) is 14.2 Å². The molecule has 2 N–H and O–H groups in total. The molecule has 10 heteroatoms. The van der Waals surface area contributed by atoms with Crippen molar-refractivity contribution in [3.8, 4) is 22.0 Å². The standard InChI is InChI=1S/C24H20FN3O5S/c1-13(17-5-3-4-6-18(17)25)32-24(31)27-21-14(2)33-28-22(21)19-12-34-23(26-19)16-9-7-15(8-10-16)11-20(29)30/h3-10,12-13H,11H2,1-2H3,(H,27,31)(H,29,30)/t13-/m1/s1. The van der Waals surface area contributed by atoms with Crippen LogP contribution < -0.4 is 5.32 Å². The number of rotatable bonds is 7. The second kappa shape index (κ2) is 9.84. The Balaban J connectivity index is 1.50. The lowest BCUT2D eigenvalue weighted by Gasteiger charge is -2.14. The molecule has 4 rings (SSSR count). The van der Waals surface area contributed by atoms with E-state index in [1.54, 1.807) is 61.7 Å². The van der Waals surface area contributed by atoms with Crippen LogP contribution in [0.25, 0.3) is 22.0 Å². The summed E-state index contributed by atoms with van der Waals surface area (Å²) in [5.74, 6) is -0.999. The van der Waals surface area contributed by atoms with Gasteiger partial charge >= 0.3 is 12.1 Å². The van der Waals surface area contributed by atoms with Crippen LogP contribution in [-0.4, -0.2) is 27.3 Å². The molecule has 0 spiro atoms. The molecular formula is C24H20FN3O5S. The van der Waals surface area contributed by atoms with Crippen molar-refractivity contribution in [1.29, 1.82) is 0 Å². The van der Waals surface area contributed by atoms with Crippen LogP contribution in [-0.2, 0) is 16.0 Å². The molecule has 174 valence electrons. The predicted molar refractivity (Wildman–Crippen MR) is 124 cm³/mol. The molecule has 0 unspecified atom stereocenters. The third kappa shape index (κ3) is 5.12. The number of thiazole rings is 1. The summed E-state index contributed by atoms with van der Waals surface area (Å²) in [4.78, 5) is 27.9. The number of aliphatic carboxylic acids is 1. The maximum absolute atomic E-state index is 14.0. The molecule has 34 heavy (non-hydrogen) atoms. The van der Waals surface area contributed by atoms with Crippen LogP contribution in [0.3, 0.4) is 0 Å². The number of hydrogen-bond donors (Lipinski definition) is 2. The minimum atomic E-state index is -0.896. The molecule has 2 aromatic heterocycles. The van der Waals surface area contributed by atoms with Crippen LogP contribution >= 0.6 is 11.3 Å². The van der Waals surface area contributed by atoms with Crippen LogP contribution in [0.1, 0.15) is 29.9 Å². The van der Waals surface area contributed by atoms with Gasteiger partial charge in [0.05, 0.1) is 6.42 Å². The number of halogens is 1. The van der Waals surface area contributed by atoms with E-state index in [0.717, 1.165) is 5.56 Å². The van der Waals surface area contributed by atoms with Crippen LogP contribution in [0.4, 0.5) is 14.9 Å². The summed E-state index contributed by atoms with van der Waals surface area (Å²) in [6.07, 6.45) is -1.64. The first-order valence-corrected chi connectivity index (χ1v) is 11.1. The van der Waals surface area contributed by atoms with E-state index in [9.17, 15) is 14.0 Å². The topological polar surface area (TPSA) is 115 Å². The lowest BCUT2D eigenvalue weighted by Crippen LogP contribution is -2.17. The summed E-state index contributed by atoms with van der Waals surface area (Å²) in [5, 5.41) is 18.0. The van der Waals surface area contributed by atoms with Gasteiger partial charge in [0.1, 0.15) is 28.3 Å². The van der Waals surface area contributed by atoms with E-state index in [0.29, 0.717) is 33.4 Å². The molecule has 0 saturated heterocycles. The van der Waals surface area contributed by atoms with Gasteiger partial charge in [-0.1, -0.05) is 47.6 Å². The molecule has 0 aliphatic heterocycles. The third-order valence-corrected chi connectivity index (χ3v) is 5.91. The molecule has 1 atom stereocenters. The van der Waals surface area contributed by atoms with Crippen molar-refractivity contribution < 1.29 is 28.3 Å². The molecule has 2 heterocycles. The number of carbonyl (C=O) groups excluding carboxylic acids is 1. The van der Waals surface area contributed by atoms with Crippen LogP contribution in [0.5, 0.6) is 0 Å². The Morgan fingerprint density at radius 3 is 2.65 bits per heavy atom. The predicted octanol–water partition coefficient (Wildman–Crippen LogP) is 5.85. The van der Waals surface area contributed by atoms with Crippen molar-refractivity contribution in [3.05, 3.63) is 76.6 Å². The van der Waals surface area contributed by atoms with Gasteiger partial charge in [0.25, 0.3) is 0 Å². The summed E-state index contributed by atoms with van der Waals surface area (Å²) in [6, 6.07) is 13.2. The average molecular weight is 482 g/mol.